The third-order valence-corrected chi connectivity index (χ3v) is 9.23. The highest BCUT2D eigenvalue weighted by Gasteiger charge is 2.40. The smallest absolute Gasteiger partial charge is 0.417 e. The number of benzene rings is 2. The molecule has 0 bridgehead atoms. The number of nitrogens with zero attached hydrogens (tertiary/aromatic N) is 2. The van der Waals surface area contributed by atoms with Crippen LogP contribution in [-0.2, 0) is 34.0 Å². The van der Waals surface area contributed by atoms with Crippen molar-refractivity contribution < 1.29 is 31.1 Å². The van der Waals surface area contributed by atoms with Crippen LogP contribution in [0.25, 0.3) is 10.9 Å². The molecule has 1 saturated heterocycles. The lowest BCUT2D eigenvalue weighted by Crippen LogP contribution is -2.44. The van der Waals surface area contributed by atoms with E-state index in [0.717, 1.165) is 10.4 Å². The molecule has 7 nitrogen and oxygen atoms in total. The number of ether oxygens (including phenoxy) is 1. The maximum atomic E-state index is 13.7. The minimum atomic E-state index is -4.60. The monoisotopic (exact) mass is 589 g/mol. The molecule has 1 N–H and O–H groups in total. The van der Waals surface area contributed by atoms with Gasteiger partial charge in [0.15, 0.2) is 0 Å². The van der Waals surface area contributed by atoms with Gasteiger partial charge < -0.3 is 10.1 Å². The highest BCUT2D eigenvalue weighted by atomic mass is 35.5. The van der Waals surface area contributed by atoms with E-state index < -0.39 is 33.7 Å². The third-order valence-electron chi connectivity index (χ3n) is 6.39. The lowest BCUT2D eigenvalue weighted by Gasteiger charge is -2.24. The van der Waals surface area contributed by atoms with Crippen molar-refractivity contribution in [2.75, 3.05) is 13.6 Å². The molecule has 2 heterocycles. The molecule has 0 radical (unpaired) electrons. The zero-order valence-electron chi connectivity index (χ0n) is 20.4. The molecule has 0 aliphatic carbocycles. The summed E-state index contributed by atoms with van der Waals surface area (Å²) in [5.74, 6) is -0.365. The Labute approximate surface area is 227 Å². The Morgan fingerprint density at radius 1 is 1.24 bits per heavy atom. The number of para-hydroxylation sites is 1. The third kappa shape index (κ3) is 5.29. The molecule has 38 heavy (non-hydrogen) atoms. The Morgan fingerprint density at radius 3 is 2.63 bits per heavy atom. The van der Waals surface area contributed by atoms with Crippen LogP contribution in [-0.4, -0.2) is 43.2 Å². The minimum absolute atomic E-state index is 0.0145. The quantitative estimate of drug-likeness (QED) is 0.387. The second kappa shape index (κ2) is 10.9. The van der Waals surface area contributed by atoms with Gasteiger partial charge in [0.25, 0.3) is 0 Å². The molecule has 1 aliphatic heterocycles. The summed E-state index contributed by atoms with van der Waals surface area (Å²) in [6, 6.07) is 6.94. The highest BCUT2D eigenvalue weighted by Crippen LogP contribution is 2.39. The molecule has 0 saturated carbocycles. The van der Waals surface area contributed by atoms with Gasteiger partial charge in [-0.15, -0.1) is 0 Å². The maximum Gasteiger partial charge on any atom is 0.417 e. The van der Waals surface area contributed by atoms with Gasteiger partial charge in [0.1, 0.15) is 28.8 Å². The van der Waals surface area contributed by atoms with Crippen LogP contribution in [0, 0.1) is 0 Å². The van der Waals surface area contributed by atoms with Gasteiger partial charge in [0, 0.05) is 35.3 Å². The molecular weight excluding hydrogens is 566 g/mol. The molecule has 1 aliphatic rings. The van der Waals surface area contributed by atoms with Gasteiger partial charge in [-0.2, -0.15) is 17.5 Å². The topological polar surface area (TPSA) is 88.6 Å². The van der Waals surface area contributed by atoms with E-state index in [9.17, 15) is 26.4 Å². The summed E-state index contributed by atoms with van der Waals surface area (Å²) in [7, 11) is -2.74. The summed E-state index contributed by atoms with van der Waals surface area (Å²) in [6.45, 7) is 1.50. The van der Waals surface area contributed by atoms with Crippen LogP contribution in [0.15, 0.2) is 41.3 Å². The molecule has 1 aromatic heterocycles. The number of aromatic nitrogens is 1. The second-order valence-corrected chi connectivity index (χ2v) is 11.3. The van der Waals surface area contributed by atoms with Crippen LogP contribution in [0.3, 0.4) is 0 Å². The lowest BCUT2D eigenvalue weighted by molar-refractivity contribution is -0.136. The van der Waals surface area contributed by atoms with Gasteiger partial charge in [-0.25, -0.2) is 13.4 Å². The summed E-state index contributed by atoms with van der Waals surface area (Å²) in [6.07, 6.45) is -3.44. The number of carbonyl (C=O) groups excluding carboxylic acids is 1. The maximum absolute atomic E-state index is 13.7. The molecule has 13 heteroatoms. The fraction of sp³-hybridized carbons (Fsp3) is 0.360. The van der Waals surface area contributed by atoms with Crippen molar-refractivity contribution in [1.29, 1.82) is 0 Å². The van der Waals surface area contributed by atoms with Crippen LogP contribution in [0.2, 0.25) is 10.0 Å². The number of hydrogen-bond acceptors (Lipinski definition) is 5. The van der Waals surface area contributed by atoms with E-state index in [4.69, 9.17) is 27.9 Å². The predicted octanol–water partition coefficient (Wildman–Crippen LogP) is 5.60. The van der Waals surface area contributed by atoms with E-state index in [2.05, 4.69) is 10.3 Å². The molecule has 0 unspecified atom stereocenters. The fourth-order valence-electron chi connectivity index (χ4n) is 4.45. The SMILES string of the molecule is CCc1cc(C(F)(F)F)c2cccc(OCc3c(Cl)ccc(S(=O)(=O)N4CCC[C@H]4C(=O)NC)c3Cl)c2n1. The van der Waals surface area contributed by atoms with Crippen molar-refractivity contribution in [1.82, 2.24) is 14.6 Å². The van der Waals surface area contributed by atoms with Gasteiger partial charge in [-0.05, 0) is 43.5 Å². The molecule has 1 amide bonds. The van der Waals surface area contributed by atoms with E-state index >= 15 is 0 Å². The van der Waals surface area contributed by atoms with E-state index in [1.54, 1.807) is 6.92 Å². The van der Waals surface area contributed by atoms with Gasteiger partial charge in [0.2, 0.25) is 15.9 Å². The van der Waals surface area contributed by atoms with E-state index in [1.165, 1.54) is 37.4 Å². The summed E-state index contributed by atoms with van der Waals surface area (Å²) >= 11 is 12.8. The summed E-state index contributed by atoms with van der Waals surface area (Å²) in [5, 5.41) is 2.26. The number of likely N-dealkylation sites (N-methyl/N-ethyl adjacent to an activating group) is 1. The number of alkyl halides is 3. The van der Waals surface area contributed by atoms with Crippen LogP contribution in [0.4, 0.5) is 13.2 Å². The minimum Gasteiger partial charge on any atom is -0.487 e. The van der Waals surface area contributed by atoms with Crippen LogP contribution in [0.5, 0.6) is 5.75 Å². The molecule has 1 fully saturated rings. The summed E-state index contributed by atoms with van der Waals surface area (Å²) < 4.78 is 75.0. The molecular formula is C25H24Cl2F3N3O4S. The number of hydrogen-bond donors (Lipinski definition) is 1. The van der Waals surface area contributed by atoms with Crippen molar-refractivity contribution in [3.63, 3.8) is 0 Å². The highest BCUT2D eigenvalue weighted by molar-refractivity contribution is 7.89. The Hall–Kier alpha value is -2.60. The predicted molar refractivity (Wildman–Crippen MR) is 138 cm³/mol. The number of aryl methyl sites for hydroxylation is 1. The number of amides is 1. The van der Waals surface area contributed by atoms with E-state index in [0.29, 0.717) is 12.8 Å². The Bertz CT molecular complexity index is 1500. The van der Waals surface area contributed by atoms with Gasteiger partial charge in [-0.1, -0.05) is 42.3 Å². The first-order valence-corrected chi connectivity index (χ1v) is 13.9. The Balaban J connectivity index is 1.71. The van der Waals surface area contributed by atoms with E-state index in [-0.39, 0.29) is 62.4 Å². The van der Waals surface area contributed by atoms with Crippen molar-refractivity contribution in [2.45, 2.75) is 49.9 Å². The molecule has 2 aromatic carbocycles. The molecule has 4 rings (SSSR count). The molecule has 1 atom stereocenters. The number of fused-ring (bicyclic) bond motifs is 1. The van der Waals surface area contributed by atoms with Crippen molar-refractivity contribution in [2.24, 2.45) is 0 Å². The number of halogens is 5. The average Bonchev–Trinajstić information content (AvgIpc) is 3.38. The standard InChI is InChI=1S/C25H24Cl2F3N3O4S/c1-3-14-12-17(25(28,29)30)15-6-4-8-20(23(15)32-14)37-13-16-18(26)9-10-21(22(16)27)38(35,36)33-11-5-7-19(33)24(34)31-2/h4,6,8-10,12,19H,3,5,7,11,13H2,1-2H3,(H,31,34)/t19-/m0/s1. The summed E-state index contributed by atoms with van der Waals surface area (Å²) in [4.78, 5) is 16.3. The Kier molecular flexibility index (Phi) is 8.13. The van der Waals surface area contributed by atoms with Gasteiger partial charge in [-0.3, -0.25) is 4.79 Å². The number of carbonyl (C=O) groups is 1. The molecule has 3 aromatic rings. The fourth-order valence-corrected chi connectivity index (χ4v) is 6.97. The first-order chi connectivity index (χ1) is 17.9. The average molecular weight is 590 g/mol. The first-order valence-electron chi connectivity index (χ1n) is 11.7. The van der Waals surface area contributed by atoms with Crippen LogP contribution in [0.1, 0.15) is 36.6 Å². The van der Waals surface area contributed by atoms with Crippen LogP contribution >= 0.6 is 23.2 Å². The zero-order chi connectivity index (χ0) is 27.8. The van der Waals surface area contributed by atoms with Gasteiger partial charge >= 0.3 is 6.18 Å². The second-order valence-electron chi connectivity index (χ2n) is 8.68. The Morgan fingerprint density at radius 2 is 1.97 bits per heavy atom. The van der Waals surface area contributed by atoms with Crippen molar-refractivity contribution in [3.05, 3.63) is 63.3 Å². The van der Waals surface area contributed by atoms with Gasteiger partial charge in [0.05, 0.1) is 10.6 Å². The first kappa shape index (κ1) is 28.4. The largest absolute Gasteiger partial charge is 0.487 e. The lowest BCUT2D eigenvalue weighted by atomic mass is 10.1. The van der Waals surface area contributed by atoms with E-state index in [1.807, 2.05) is 0 Å². The number of nitrogens with one attached hydrogen (secondary N) is 1. The van der Waals surface area contributed by atoms with Crippen molar-refractivity contribution >= 4 is 50.0 Å². The molecule has 0 spiro atoms. The number of pyridine rings is 1. The zero-order valence-corrected chi connectivity index (χ0v) is 22.7. The van der Waals surface area contributed by atoms with Crippen molar-refractivity contribution in [3.8, 4) is 5.75 Å². The normalized spacial score (nSPS) is 16.7. The van der Waals surface area contributed by atoms with Crippen LogP contribution < -0.4 is 10.1 Å². The number of rotatable bonds is 7. The number of sulfonamides is 1. The summed E-state index contributed by atoms with van der Waals surface area (Å²) in [5.41, 5.74) is -0.447. The molecule has 204 valence electrons.